The molecule has 1 saturated heterocycles. The standard InChI is InChI=1S/C21H26FN3O/c22-17-10-8-9-16(15-17)20-23-19(18-11-4-3-7-14-25(18)20)21(26)24-12-5-1-2-6-13-24/h8-10,15H,1-7,11-14H2. The minimum absolute atomic E-state index is 0.0557. The molecule has 0 saturated carbocycles. The third-order valence-corrected chi connectivity index (χ3v) is 5.55. The molecule has 26 heavy (non-hydrogen) atoms. The van der Waals surface area contributed by atoms with E-state index in [2.05, 4.69) is 4.57 Å². The Hall–Kier alpha value is -2.17. The Kier molecular flexibility index (Phi) is 5.05. The average molecular weight is 355 g/mol. The smallest absolute Gasteiger partial charge is 0.274 e. The molecule has 0 atom stereocenters. The molecule has 0 spiro atoms. The lowest BCUT2D eigenvalue weighted by atomic mass is 10.1. The first-order valence-corrected chi connectivity index (χ1v) is 9.88. The van der Waals surface area contributed by atoms with Crippen LogP contribution in [0.15, 0.2) is 24.3 Å². The Balaban J connectivity index is 1.76. The second-order valence-electron chi connectivity index (χ2n) is 7.41. The number of nitrogens with zero attached hydrogens (tertiary/aromatic N) is 3. The molecule has 1 fully saturated rings. The van der Waals surface area contributed by atoms with Crippen molar-refractivity contribution in [1.29, 1.82) is 0 Å². The molecule has 2 aromatic rings. The minimum Gasteiger partial charge on any atom is -0.337 e. The molecule has 1 amide bonds. The highest BCUT2D eigenvalue weighted by atomic mass is 19.1. The molecule has 2 aliphatic heterocycles. The largest absolute Gasteiger partial charge is 0.337 e. The molecular weight excluding hydrogens is 329 g/mol. The van der Waals surface area contributed by atoms with Crippen LogP contribution in [0.5, 0.6) is 0 Å². The van der Waals surface area contributed by atoms with Gasteiger partial charge in [-0.2, -0.15) is 0 Å². The van der Waals surface area contributed by atoms with Gasteiger partial charge in [-0.3, -0.25) is 4.79 Å². The fraction of sp³-hybridized carbons (Fsp3) is 0.524. The van der Waals surface area contributed by atoms with Gasteiger partial charge in [0.1, 0.15) is 17.3 Å². The summed E-state index contributed by atoms with van der Waals surface area (Å²) < 4.78 is 15.9. The number of carbonyl (C=O) groups is 1. The molecule has 0 unspecified atom stereocenters. The van der Waals surface area contributed by atoms with Gasteiger partial charge in [-0.1, -0.05) is 31.4 Å². The van der Waals surface area contributed by atoms with Crippen LogP contribution in [0, 0.1) is 5.82 Å². The van der Waals surface area contributed by atoms with Gasteiger partial charge < -0.3 is 9.47 Å². The van der Waals surface area contributed by atoms with Gasteiger partial charge in [-0.15, -0.1) is 0 Å². The molecule has 138 valence electrons. The molecule has 0 aliphatic carbocycles. The number of aromatic nitrogens is 2. The highest BCUT2D eigenvalue weighted by Gasteiger charge is 2.27. The van der Waals surface area contributed by atoms with Crippen molar-refractivity contribution >= 4 is 5.91 Å². The summed E-state index contributed by atoms with van der Waals surface area (Å²) in [6, 6.07) is 6.54. The van der Waals surface area contributed by atoms with E-state index in [4.69, 9.17) is 4.98 Å². The molecule has 0 bridgehead atoms. The Labute approximate surface area is 154 Å². The van der Waals surface area contributed by atoms with Crippen LogP contribution >= 0.6 is 0 Å². The fourth-order valence-electron chi connectivity index (χ4n) is 4.16. The van der Waals surface area contributed by atoms with Crippen LogP contribution < -0.4 is 0 Å². The van der Waals surface area contributed by atoms with Crippen LogP contribution in [-0.2, 0) is 13.0 Å². The Morgan fingerprint density at radius 2 is 1.69 bits per heavy atom. The molecule has 2 aliphatic rings. The van der Waals surface area contributed by atoms with Crippen LogP contribution in [0.4, 0.5) is 4.39 Å². The van der Waals surface area contributed by atoms with Crippen LogP contribution in [0.3, 0.4) is 0 Å². The van der Waals surface area contributed by atoms with Gasteiger partial charge in [0.15, 0.2) is 0 Å². The number of amides is 1. The highest BCUT2D eigenvalue weighted by molar-refractivity contribution is 5.94. The minimum atomic E-state index is -0.270. The van der Waals surface area contributed by atoms with Crippen molar-refractivity contribution in [2.75, 3.05) is 13.1 Å². The van der Waals surface area contributed by atoms with Crippen molar-refractivity contribution in [1.82, 2.24) is 14.5 Å². The average Bonchev–Trinajstić information content (AvgIpc) is 2.86. The Morgan fingerprint density at radius 1 is 0.962 bits per heavy atom. The number of imidazole rings is 1. The highest BCUT2D eigenvalue weighted by Crippen LogP contribution is 2.28. The summed E-state index contributed by atoms with van der Waals surface area (Å²) in [5.41, 5.74) is 2.38. The van der Waals surface area contributed by atoms with Crippen molar-refractivity contribution in [3.05, 3.63) is 41.5 Å². The van der Waals surface area contributed by atoms with E-state index in [1.807, 2.05) is 11.0 Å². The predicted octanol–water partition coefficient (Wildman–Crippen LogP) is 4.43. The summed E-state index contributed by atoms with van der Waals surface area (Å²) >= 11 is 0. The lowest BCUT2D eigenvalue weighted by Crippen LogP contribution is -2.32. The number of hydrogen-bond acceptors (Lipinski definition) is 2. The van der Waals surface area contributed by atoms with Gasteiger partial charge in [0.25, 0.3) is 5.91 Å². The van der Waals surface area contributed by atoms with Gasteiger partial charge in [0.05, 0.1) is 5.69 Å². The van der Waals surface area contributed by atoms with E-state index in [0.717, 1.165) is 75.2 Å². The first-order chi connectivity index (χ1) is 12.7. The van der Waals surface area contributed by atoms with E-state index in [1.54, 1.807) is 6.07 Å². The monoisotopic (exact) mass is 355 g/mol. The van der Waals surface area contributed by atoms with E-state index >= 15 is 0 Å². The number of rotatable bonds is 2. The predicted molar refractivity (Wildman–Crippen MR) is 99.5 cm³/mol. The van der Waals surface area contributed by atoms with E-state index in [1.165, 1.54) is 25.0 Å². The second kappa shape index (κ2) is 7.60. The molecule has 3 heterocycles. The number of carbonyl (C=O) groups excluding carboxylic acids is 1. The number of fused-ring (bicyclic) bond motifs is 1. The summed E-state index contributed by atoms with van der Waals surface area (Å²) in [5, 5.41) is 0. The van der Waals surface area contributed by atoms with Gasteiger partial charge >= 0.3 is 0 Å². The lowest BCUT2D eigenvalue weighted by Gasteiger charge is -2.19. The van der Waals surface area contributed by atoms with Gasteiger partial charge in [0, 0.05) is 25.2 Å². The maximum Gasteiger partial charge on any atom is 0.274 e. The van der Waals surface area contributed by atoms with Gasteiger partial charge in [-0.05, 0) is 44.2 Å². The summed E-state index contributed by atoms with van der Waals surface area (Å²) in [6.45, 7) is 2.49. The summed E-state index contributed by atoms with van der Waals surface area (Å²) in [6.07, 6.45) is 8.70. The molecule has 1 aromatic heterocycles. The summed E-state index contributed by atoms with van der Waals surface area (Å²) in [4.78, 5) is 19.9. The van der Waals surface area contributed by atoms with Crippen molar-refractivity contribution in [3.63, 3.8) is 0 Å². The zero-order chi connectivity index (χ0) is 17.9. The molecule has 0 N–H and O–H groups in total. The molecule has 5 heteroatoms. The number of halogens is 1. The first kappa shape index (κ1) is 17.3. The van der Waals surface area contributed by atoms with Crippen LogP contribution in [0.25, 0.3) is 11.4 Å². The summed E-state index contributed by atoms with van der Waals surface area (Å²) in [5.74, 6) is 0.522. The van der Waals surface area contributed by atoms with Crippen molar-refractivity contribution in [2.24, 2.45) is 0 Å². The number of benzene rings is 1. The van der Waals surface area contributed by atoms with Crippen LogP contribution in [-0.4, -0.2) is 33.4 Å². The normalized spacial score (nSPS) is 18.1. The third-order valence-electron chi connectivity index (χ3n) is 5.55. The Morgan fingerprint density at radius 3 is 2.46 bits per heavy atom. The maximum atomic E-state index is 13.8. The van der Waals surface area contributed by atoms with Crippen LogP contribution in [0.2, 0.25) is 0 Å². The van der Waals surface area contributed by atoms with E-state index in [9.17, 15) is 9.18 Å². The zero-order valence-electron chi connectivity index (χ0n) is 15.2. The molecule has 1 aromatic carbocycles. The lowest BCUT2D eigenvalue weighted by molar-refractivity contribution is 0.0755. The molecular formula is C21H26FN3O. The summed E-state index contributed by atoms with van der Waals surface area (Å²) in [7, 11) is 0. The van der Waals surface area contributed by atoms with Crippen molar-refractivity contribution < 1.29 is 9.18 Å². The third kappa shape index (κ3) is 3.39. The zero-order valence-corrected chi connectivity index (χ0v) is 15.2. The second-order valence-corrected chi connectivity index (χ2v) is 7.41. The first-order valence-electron chi connectivity index (χ1n) is 9.88. The Bertz CT molecular complexity index is 791. The molecule has 4 nitrogen and oxygen atoms in total. The molecule has 0 radical (unpaired) electrons. The van der Waals surface area contributed by atoms with Crippen molar-refractivity contribution in [2.45, 2.75) is 57.9 Å². The van der Waals surface area contributed by atoms with Gasteiger partial charge in [-0.25, -0.2) is 9.37 Å². The number of hydrogen-bond donors (Lipinski definition) is 0. The SMILES string of the molecule is O=C(c1nc(-c2cccc(F)c2)n2c1CCCCC2)N1CCCCCC1. The van der Waals surface area contributed by atoms with E-state index < -0.39 is 0 Å². The van der Waals surface area contributed by atoms with Crippen molar-refractivity contribution in [3.8, 4) is 11.4 Å². The van der Waals surface area contributed by atoms with Gasteiger partial charge in [0.2, 0.25) is 0 Å². The topological polar surface area (TPSA) is 38.1 Å². The maximum absolute atomic E-state index is 13.8. The van der Waals surface area contributed by atoms with E-state index in [-0.39, 0.29) is 11.7 Å². The quantitative estimate of drug-likeness (QED) is 0.799. The number of likely N-dealkylation sites (tertiary alicyclic amines) is 1. The fourth-order valence-corrected chi connectivity index (χ4v) is 4.16. The van der Waals surface area contributed by atoms with E-state index in [0.29, 0.717) is 5.69 Å². The van der Waals surface area contributed by atoms with Crippen LogP contribution in [0.1, 0.15) is 61.1 Å². The molecule has 4 rings (SSSR count).